The summed E-state index contributed by atoms with van der Waals surface area (Å²) in [6.07, 6.45) is 1.22. The third-order valence-corrected chi connectivity index (χ3v) is 4.63. The van der Waals surface area contributed by atoms with Gasteiger partial charge in [-0.25, -0.2) is 0 Å². The predicted octanol–water partition coefficient (Wildman–Crippen LogP) is 2.23. The first-order valence-electron chi connectivity index (χ1n) is 7.78. The van der Waals surface area contributed by atoms with Crippen molar-refractivity contribution in [1.82, 2.24) is 4.90 Å². The van der Waals surface area contributed by atoms with Gasteiger partial charge in [0.2, 0.25) is 0 Å². The van der Waals surface area contributed by atoms with Crippen LogP contribution in [0.3, 0.4) is 0 Å². The van der Waals surface area contributed by atoms with Crippen LogP contribution in [0.25, 0.3) is 0 Å². The summed E-state index contributed by atoms with van der Waals surface area (Å²) in [4.78, 5) is 14.4. The molecule has 0 radical (unpaired) electrons. The Morgan fingerprint density at radius 2 is 1.95 bits per heavy atom. The Morgan fingerprint density at radius 3 is 2.55 bits per heavy atom. The molecule has 0 aromatic heterocycles. The Balaban J connectivity index is 2.12. The van der Waals surface area contributed by atoms with Crippen molar-refractivity contribution in [3.63, 3.8) is 0 Å². The van der Waals surface area contributed by atoms with Crippen LogP contribution in [0.5, 0.6) is 0 Å². The van der Waals surface area contributed by atoms with Gasteiger partial charge in [0.15, 0.2) is 0 Å². The SMILES string of the molecule is C=CCN1C(=O)C(OCc2ccccc2)C(C)C(C)C1CO. The molecule has 4 unspecified atom stereocenters. The Morgan fingerprint density at radius 1 is 1.27 bits per heavy atom. The van der Waals surface area contributed by atoms with E-state index in [-0.39, 0.29) is 30.4 Å². The highest BCUT2D eigenvalue weighted by atomic mass is 16.5. The van der Waals surface area contributed by atoms with Gasteiger partial charge in [0.05, 0.1) is 19.3 Å². The molecular formula is C18H25NO3. The summed E-state index contributed by atoms with van der Waals surface area (Å²) in [5.41, 5.74) is 1.05. The van der Waals surface area contributed by atoms with Gasteiger partial charge < -0.3 is 14.7 Å². The standard InChI is InChI=1S/C18H25NO3/c1-4-10-19-16(11-20)13(2)14(3)17(18(19)21)22-12-15-8-6-5-7-9-15/h4-9,13-14,16-17,20H,1,10-12H2,2-3H3. The van der Waals surface area contributed by atoms with Crippen molar-refractivity contribution < 1.29 is 14.6 Å². The van der Waals surface area contributed by atoms with Gasteiger partial charge in [0.25, 0.3) is 5.91 Å². The minimum atomic E-state index is -0.474. The molecule has 1 aromatic rings. The van der Waals surface area contributed by atoms with Gasteiger partial charge in [-0.3, -0.25) is 4.79 Å². The van der Waals surface area contributed by atoms with E-state index >= 15 is 0 Å². The molecule has 22 heavy (non-hydrogen) atoms. The van der Waals surface area contributed by atoms with E-state index < -0.39 is 6.10 Å². The predicted molar refractivity (Wildman–Crippen MR) is 86.1 cm³/mol. The maximum atomic E-state index is 12.7. The van der Waals surface area contributed by atoms with E-state index in [1.54, 1.807) is 11.0 Å². The van der Waals surface area contributed by atoms with Crippen molar-refractivity contribution >= 4 is 5.91 Å². The fourth-order valence-electron chi connectivity index (χ4n) is 3.07. The van der Waals surface area contributed by atoms with E-state index in [0.29, 0.717) is 13.2 Å². The first-order chi connectivity index (χ1) is 10.6. The lowest BCUT2D eigenvalue weighted by molar-refractivity contribution is -0.164. The zero-order chi connectivity index (χ0) is 16.1. The molecule has 1 amide bonds. The quantitative estimate of drug-likeness (QED) is 0.820. The number of rotatable bonds is 6. The second kappa shape index (κ2) is 7.56. The maximum absolute atomic E-state index is 12.7. The van der Waals surface area contributed by atoms with Gasteiger partial charge in [0, 0.05) is 6.54 Å². The van der Waals surface area contributed by atoms with Crippen LogP contribution in [0.4, 0.5) is 0 Å². The molecule has 0 saturated carbocycles. The van der Waals surface area contributed by atoms with Crippen molar-refractivity contribution in [3.05, 3.63) is 48.6 Å². The molecular weight excluding hydrogens is 278 g/mol. The number of amides is 1. The van der Waals surface area contributed by atoms with E-state index in [2.05, 4.69) is 13.5 Å². The highest BCUT2D eigenvalue weighted by Gasteiger charge is 2.44. The monoisotopic (exact) mass is 303 g/mol. The van der Waals surface area contributed by atoms with Gasteiger partial charge in [-0.15, -0.1) is 6.58 Å². The second-order valence-corrected chi connectivity index (χ2v) is 5.96. The van der Waals surface area contributed by atoms with Crippen LogP contribution in [0.2, 0.25) is 0 Å². The third-order valence-electron chi connectivity index (χ3n) is 4.63. The van der Waals surface area contributed by atoms with Crippen molar-refractivity contribution in [1.29, 1.82) is 0 Å². The molecule has 1 N–H and O–H groups in total. The van der Waals surface area contributed by atoms with Crippen molar-refractivity contribution in [2.75, 3.05) is 13.2 Å². The Kier molecular flexibility index (Phi) is 5.75. The van der Waals surface area contributed by atoms with E-state index in [4.69, 9.17) is 4.74 Å². The molecule has 4 atom stereocenters. The van der Waals surface area contributed by atoms with Gasteiger partial charge in [-0.2, -0.15) is 0 Å². The molecule has 4 nitrogen and oxygen atoms in total. The molecule has 1 aliphatic heterocycles. The molecule has 1 aromatic carbocycles. The molecule has 1 heterocycles. The van der Waals surface area contributed by atoms with Crippen LogP contribution < -0.4 is 0 Å². The van der Waals surface area contributed by atoms with E-state index in [1.807, 2.05) is 37.3 Å². The largest absolute Gasteiger partial charge is 0.394 e. The number of benzene rings is 1. The lowest BCUT2D eigenvalue weighted by atomic mass is 9.80. The Bertz CT molecular complexity index is 502. The number of nitrogens with zero attached hydrogens (tertiary/aromatic N) is 1. The minimum Gasteiger partial charge on any atom is -0.394 e. The van der Waals surface area contributed by atoms with Crippen molar-refractivity contribution in [3.8, 4) is 0 Å². The summed E-state index contributed by atoms with van der Waals surface area (Å²) >= 11 is 0. The summed E-state index contributed by atoms with van der Waals surface area (Å²) < 4.78 is 5.93. The first-order valence-corrected chi connectivity index (χ1v) is 7.78. The van der Waals surface area contributed by atoms with Crippen molar-refractivity contribution in [2.45, 2.75) is 32.6 Å². The second-order valence-electron chi connectivity index (χ2n) is 5.96. The normalized spacial score (nSPS) is 28.7. The zero-order valence-electron chi connectivity index (χ0n) is 13.3. The summed E-state index contributed by atoms with van der Waals surface area (Å²) in [6, 6.07) is 9.67. The Hall–Kier alpha value is -1.65. The zero-order valence-corrected chi connectivity index (χ0v) is 13.3. The van der Waals surface area contributed by atoms with Crippen LogP contribution in [0.1, 0.15) is 19.4 Å². The molecule has 0 spiro atoms. The number of likely N-dealkylation sites (tertiary alicyclic amines) is 1. The summed E-state index contributed by atoms with van der Waals surface area (Å²) in [6.45, 7) is 8.61. The van der Waals surface area contributed by atoms with E-state index in [1.165, 1.54) is 0 Å². The lowest BCUT2D eigenvalue weighted by Gasteiger charge is -2.45. The molecule has 1 fully saturated rings. The molecule has 2 rings (SSSR count). The minimum absolute atomic E-state index is 0.0313. The van der Waals surface area contributed by atoms with Crippen LogP contribution in [0.15, 0.2) is 43.0 Å². The van der Waals surface area contributed by atoms with Gasteiger partial charge in [-0.05, 0) is 17.4 Å². The fraction of sp³-hybridized carbons (Fsp3) is 0.500. The van der Waals surface area contributed by atoms with Crippen LogP contribution >= 0.6 is 0 Å². The smallest absolute Gasteiger partial charge is 0.252 e. The molecule has 1 saturated heterocycles. The Labute approximate surface area is 132 Å². The van der Waals surface area contributed by atoms with Crippen molar-refractivity contribution in [2.24, 2.45) is 11.8 Å². The van der Waals surface area contributed by atoms with E-state index in [0.717, 1.165) is 5.56 Å². The lowest BCUT2D eigenvalue weighted by Crippen LogP contribution is -2.59. The number of hydrogen-bond acceptors (Lipinski definition) is 3. The number of aliphatic hydroxyl groups is 1. The average Bonchev–Trinajstić information content (AvgIpc) is 2.54. The highest BCUT2D eigenvalue weighted by Crippen LogP contribution is 2.32. The number of carbonyl (C=O) groups is 1. The van der Waals surface area contributed by atoms with E-state index in [9.17, 15) is 9.90 Å². The van der Waals surface area contributed by atoms with Gasteiger partial charge in [-0.1, -0.05) is 50.3 Å². The van der Waals surface area contributed by atoms with Crippen LogP contribution in [-0.2, 0) is 16.1 Å². The van der Waals surface area contributed by atoms with Crippen LogP contribution in [0, 0.1) is 11.8 Å². The number of carbonyl (C=O) groups excluding carboxylic acids is 1. The average molecular weight is 303 g/mol. The first kappa shape index (κ1) is 16.7. The summed E-state index contributed by atoms with van der Waals surface area (Å²) in [5, 5.41) is 9.62. The number of ether oxygens (including phenoxy) is 1. The topological polar surface area (TPSA) is 49.8 Å². The maximum Gasteiger partial charge on any atom is 0.252 e. The molecule has 4 heteroatoms. The molecule has 0 aliphatic carbocycles. The number of hydrogen-bond donors (Lipinski definition) is 1. The molecule has 120 valence electrons. The van der Waals surface area contributed by atoms with Crippen LogP contribution in [-0.4, -0.2) is 41.2 Å². The molecule has 0 bridgehead atoms. The van der Waals surface area contributed by atoms with Gasteiger partial charge in [0.1, 0.15) is 6.10 Å². The number of aliphatic hydroxyl groups excluding tert-OH is 1. The fourth-order valence-corrected chi connectivity index (χ4v) is 3.07. The number of piperidine rings is 1. The molecule has 1 aliphatic rings. The third kappa shape index (κ3) is 3.39. The highest BCUT2D eigenvalue weighted by molar-refractivity contribution is 5.82. The summed E-state index contributed by atoms with van der Waals surface area (Å²) in [7, 11) is 0. The summed E-state index contributed by atoms with van der Waals surface area (Å²) in [5.74, 6) is 0.179. The van der Waals surface area contributed by atoms with Gasteiger partial charge >= 0.3 is 0 Å².